The fourth-order valence-electron chi connectivity index (χ4n) is 3.63. The van der Waals surface area contributed by atoms with E-state index in [-0.39, 0.29) is 12.1 Å². The second-order valence-corrected chi connectivity index (χ2v) is 7.62. The minimum absolute atomic E-state index is 0.0585. The van der Waals surface area contributed by atoms with Gasteiger partial charge in [-0.3, -0.25) is 0 Å². The summed E-state index contributed by atoms with van der Waals surface area (Å²) in [6, 6.07) is 4.20. The first kappa shape index (κ1) is 17.5. The predicted octanol–water partition coefficient (Wildman–Crippen LogP) is 3.98. The third kappa shape index (κ3) is 3.23. The van der Waals surface area contributed by atoms with Gasteiger partial charge in [-0.1, -0.05) is 35.8 Å². The lowest BCUT2D eigenvalue weighted by Crippen LogP contribution is -2.38. The van der Waals surface area contributed by atoms with E-state index >= 15 is 0 Å². The third-order valence-electron chi connectivity index (χ3n) is 4.88. The molecule has 0 unspecified atom stereocenters. The summed E-state index contributed by atoms with van der Waals surface area (Å²) >= 11 is 3.68. The third-order valence-corrected chi connectivity index (χ3v) is 5.62. The molecule has 1 aliphatic heterocycles. The van der Waals surface area contributed by atoms with Crippen LogP contribution in [0.3, 0.4) is 0 Å². The van der Waals surface area contributed by atoms with Gasteiger partial charge in [-0.05, 0) is 47.9 Å². The molecule has 0 saturated heterocycles. The lowest BCUT2D eigenvalue weighted by Gasteiger charge is -2.27. The van der Waals surface area contributed by atoms with Crippen LogP contribution in [0.2, 0.25) is 0 Å². The van der Waals surface area contributed by atoms with Crippen molar-refractivity contribution in [1.82, 2.24) is 0 Å². The molecule has 0 saturated carbocycles. The van der Waals surface area contributed by atoms with Crippen molar-refractivity contribution < 1.29 is 9.47 Å². The zero-order chi connectivity index (χ0) is 17.3. The fraction of sp³-hybridized carbons (Fsp3) is 0.579. The summed E-state index contributed by atoms with van der Waals surface area (Å²) in [7, 11) is 3.36. The minimum Gasteiger partial charge on any atom is -0.483 e. The molecule has 0 radical (unpaired) electrons. The molecule has 0 bridgehead atoms. The highest BCUT2D eigenvalue weighted by Crippen LogP contribution is 2.33. The smallest absolute Gasteiger partial charge is 0.209 e. The van der Waals surface area contributed by atoms with Crippen molar-refractivity contribution in [3.63, 3.8) is 0 Å². The van der Waals surface area contributed by atoms with Gasteiger partial charge in [0.15, 0.2) is 0 Å². The standard InChI is InChI=1S/C19H25BrN2O2/c1-11(2)17-19(24-4)21-16(18(22-17)23-3)10-12-8-9-15(20)14-7-5-6-13(12)14/h8-9,11,16-17H,5-7,10H2,1-4H3/t16-,17+/m0/s1. The Hall–Kier alpha value is -1.36. The molecule has 0 N–H and O–H groups in total. The molecule has 1 aromatic carbocycles. The van der Waals surface area contributed by atoms with Crippen molar-refractivity contribution >= 4 is 27.7 Å². The number of aliphatic imine (C=N–C) groups is 2. The molecule has 0 spiro atoms. The average molecular weight is 393 g/mol. The summed E-state index contributed by atoms with van der Waals surface area (Å²) in [5.74, 6) is 1.75. The van der Waals surface area contributed by atoms with Crippen molar-refractivity contribution in [3.05, 3.63) is 33.3 Å². The summed E-state index contributed by atoms with van der Waals surface area (Å²) in [6.45, 7) is 4.25. The zero-order valence-corrected chi connectivity index (χ0v) is 16.4. The van der Waals surface area contributed by atoms with Gasteiger partial charge < -0.3 is 9.47 Å². The normalized spacial score (nSPS) is 22.9. The Bertz CT molecular complexity index is 682. The van der Waals surface area contributed by atoms with Crippen LogP contribution in [0.15, 0.2) is 26.6 Å². The summed E-state index contributed by atoms with van der Waals surface area (Å²) in [6.07, 6.45) is 4.33. The van der Waals surface area contributed by atoms with Gasteiger partial charge in [0.05, 0.1) is 14.2 Å². The van der Waals surface area contributed by atoms with Gasteiger partial charge in [0.1, 0.15) is 12.1 Å². The Labute approximate surface area is 152 Å². The second kappa shape index (κ2) is 7.26. The Morgan fingerprint density at radius 2 is 1.79 bits per heavy atom. The molecular weight excluding hydrogens is 368 g/mol. The van der Waals surface area contributed by atoms with E-state index in [4.69, 9.17) is 19.5 Å². The molecule has 5 heteroatoms. The fourth-order valence-corrected chi connectivity index (χ4v) is 4.20. The quantitative estimate of drug-likeness (QED) is 0.780. The lowest BCUT2D eigenvalue weighted by atomic mass is 9.96. The Kier molecular flexibility index (Phi) is 5.28. The number of hydrogen-bond acceptors (Lipinski definition) is 4. The van der Waals surface area contributed by atoms with E-state index in [0.717, 1.165) is 19.3 Å². The molecule has 0 fully saturated rings. The molecule has 2 aliphatic rings. The topological polar surface area (TPSA) is 43.2 Å². The zero-order valence-electron chi connectivity index (χ0n) is 14.8. The first-order valence-electron chi connectivity index (χ1n) is 8.57. The molecule has 0 aromatic heterocycles. The Balaban J connectivity index is 1.91. The lowest BCUT2D eigenvalue weighted by molar-refractivity contribution is 0.332. The molecule has 1 aliphatic carbocycles. The van der Waals surface area contributed by atoms with Crippen LogP contribution in [0.1, 0.15) is 37.0 Å². The number of halogens is 1. The summed E-state index contributed by atoms with van der Waals surface area (Å²) in [5, 5.41) is 0. The first-order chi connectivity index (χ1) is 11.5. The van der Waals surface area contributed by atoms with Gasteiger partial charge in [0.25, 0.3) is 0 Å². The molecule has 0 amide bonds. The molecule has 2 atom stereocenters. The molecular formula is C19H25BrN2O2. The van der Waals surface area contributed by atoms with Crippen LogP contribution in [0, 0.1) is 5.92 Å². The highest BCUT2D eigenvalue weighted by Gasteiger charge is 2.31. The predicted molar refractivity (Wildman–Crippen MR) is 101 cm³/mol. The van der Waals surface area contributed by atoms with Crippen LogP contribution >= 0.6 is 15.9 Å². The van der Waals surface area contributed by atoms with Crippen LogP contribution in [0.5, 0.6) is 0 Å². The van der Waals surface area contributed by atoms with Gasteiger partial charge in [-0.25, -0.2) is 9.98 Å². The van der Waals surface area contributed by atoms with E-state index < -0.39 is 0 Å². The highest BCUT2D eigenvalue weighted by molar-refractivity contribution is 9.10. The summed E-state index contributed by atoms with van der Waals surface area (Å²) < 4.78 is 12.3. The van der Waals surface area contributed by atoms with Gasteiger partial charge >= 0.3 is 0 Å². The first-order valence-corrected chi connectivity index (χ1v) is 9.37. The molecule has 3 rings (SSSR count). The number of rotatable bonds is 3. The molecule has 1 aromatic rings. The van der Waals surface area contributed by atoms with Gasteiger partial charge in [-0.2, -0.15) is 0 Å². The minimum atomic E-state index is -0.106. The van der Waals surface area contributed by atoms with Crippen molar-refractivity contribution in [1.29, 1.82) is 0 Å². The van der Waals surface area contributed by atoms with E-state index in [0.29, 0.717) is 17.7 Å². The van der Waals surface area contributed by atoms with Crippen molar-refractivity contribution in [2.24, 2.45) is 15.9 Å². The number of fused-ring (bicyclic) bond motifs is 1. The van der Waals surface area contributed by atoms with E-state index in [9.17, 15) is 0 Å². The average Bonchev–Trinajstić information content (AvgIpc) is 3.07. The SMILES string of the molecule is COC1=N[C@H](C(C)C)C(OC)=N[C@H]1Cc1ccc(Br)c2c1CCC2. The maximum Gasteiger partial charge on any atom is 0.209 e. The number of ether oxygens (including phenoxy) is 2. The van der Waals surface area contributed by atoms with Gasteiger partial charge in [0, 0.05) is 10.9 Å². The largest absolute Gasteiger partial charge is 0.483 e. The molecule has 24 heavy (non-hydrogen) atoms. The molecule has 130 valence electrons. The van der Waals surface area contributed by atoms with E-state index in [1.54, 1.807) is 14.2 Å². The maximum absolute atomic E-state index is 5.57. The van der Waals surface area contributed by atoms with Crippen LogP contribution in [0.4, 0.5) is 0 Å². The van der Waals surface area contributed by atoms with Crippen LogP contribution in [-0.4, -0.2) is 38.1 Å². The second-order valence-electron chi connectivity index (χ2n) is 6.77. The van der Waals surface area contributed by atoms with Gasteiger partial charge in [-0.15, -0.1) is 0 Å². The van der Waals surface area contributed by atoms with Crippen molar-refractivity contribution in [3.8, 4) is 0 Å². The summed E-state index contributed by atoms with van der Waals surface area (Å²) in [5.41, 5.74) is 4.28. The van der Waals surface area contributed by atoms with Gasteiger partial charge in [0.2, 0.25) is 11.8 Å². The maximum atomic E-state index is 5.57. The number of methoxy groups -OCH3 is 2. The number of nitrogens with zero attached hydrogens (tertiary/aromatic N) is 2. The van der Waals surface area contributed by atoms with Crippen molar-refractivity contribution in [2.75, 3.05) is 14.2 Å². The Morgan fingerprint density at radius 3 is 2.46 bits per heavy atom. The van der Waals surface area contributed by atoms with Crippen LogP contribution in [0.25, 0.3) is 0 Å². The Morgan fingerprint density at radius 1 is 1.08 bits per heavy atom. The molecule has 4 nitrogen and oxygen atoms in total. The number of hydrogen-bond donors (Lipinski definition) is 0. The van der Waals surface area contributed by atoms with Crippen molar-refractivity contribution in [2.45, 2.75) is 51.6 Å². The number of benzene rings is 1. The highest BCUT2D eigenvalue weighted by atomic mass is 79.9. The van der Waals surface area contributed by atoms with Crippen LogP contribution in [-0.2, 0) is 28.7 Å². The van der Waals surface area contributed by atoms with E-state index in [1.807, 2.05) is 0 Å². The van der Waals surface area contributed by atoms with E-state index in [1.165, 1.54) is 27.6 Å². The molecule has 1 heterocycles. The van der Waals surface area contributed by atoms with Crippen LogP contribution < -0.4 is 0 Å². The van der Waals surface area contributed by atoms with E-state index in [2.05, 4.69) is 41.9 Å². The summed E-state index contributed by atoms with van der Waals surface area (Å²) in [4.78, 5) is 9.60. The monoisotopic (exact) mass is 392 g/mol.